The monoisotopic (exact) mass is 277 g/mol. The predicted octanol–water partition coefficient (Wildman–Crippen LogP) is 3.18. The van der Waals surface area contributed by atoms with E-state index in [0.29, 0.717) is 5.92 Å². The molecule has 2 unspecified atom stereocenters. The molecule has 0 spiro atoms. The fraction of sp³-hybridized carbons (Fsp3) is 0.562. The van der Waals surface area contributed by atoms with E-state index in [1.807, 2.05) is 23.1 Å². The van der Waals surface area contributed by atoms with Crippen molar-refractivity contribution in [3.8, 4) is 0 Å². The first-order chi connectivity index (χ1) is 9.20. The average Bonchev–Trinajstić information content (AvgIpc) is 2.88. The third kappa shape index (κ3) is 4.00. The van der Waals surface area contributed by atoms with Crippen molar-refractivity contribution in [2.24, 2.45) is 5.92 Å². The van der Waals surface area contributed by atoms with E-state index in [9.17, 15) is 4.79 Å². The summed E-state index contributed by atoms with van der Waals surface area (Å²) in [4.78, 5) is 14.3. The SMILES string of the molecule is CCCC1CCN(C(=O)C(S)Cc2ccccc2)C1. The van der Waals surface area contributed by atoms with Crippen molar-refractivity contribution in [2.45, 2.75) is 37.9 Å². The van der Waals surface area contributed by atoms with Gasteiger partial charge in [-0.3, -0.25) is 4.79 Å². The van der Waals surface area contributed by atoms with Crippen molar-refractivity contribution < 1.29 is 4.79 Å². The molecule has 1 aromatic carbocycles. The van der Waals surface area contributed by atoms with Crippen molar-refractivity contribution in [1.82, 2.24) is 4.90 Å². The van der Waals surface area contributed by atoms with Gasteiger partial charge in [0, 0.05) is 13.1 Å². The van der Waals surface area contributed by atoms with Crippen LogP contribution in [0.15, 0.2) is 30.3 Å². The lowest BCUT2D eigenvalue weighted by Crippen LogP contribution is -2.36. The van der Waals surface area contributed by atoms with Gasteiger partial charge in [0.05, 0.1) is 5.25 Å². The number of carbonyl (C=O) groups is 1. The van der Waals surface area contributed by atoms with Crippen molar-refractivity contribution in [3.05, 3.63) is 35.9 Å². The van der Waals surface area contributed by atoms with Gasteiger partial charge in [-0.15, -0.1) is 0 Å². The van der Waals surface area contributed by atoms with Gasteiger partial charge in [0.2, 0.25) is 5.91 Å². The molecule has 0 aromatic heterocycles. The standard InChI is InChI=1S/C16H23NOS/c1-2-6-14-9-10-17(12-14)16(18)15(19)11-13-7-4-3-5-8-13/h3-5,7-8,14-15,19H,2,6,9-12H2,1H3. The summed E-state index contributed by atoms with van der Waals surface area (Å²) in [5.74, 6) is 0.900. The van der Waals surface area contributed by atoms with E-state index in [2.05, 4.69) is 31.7 Å². The zero-order chi connectivity index (χ0) is 13.7. The van der Waals surface area contributed by atoms with Gasteiger partial charge in [0.25, 0.3) is 0 Å². The molecule has 0 aliphatic carbocycles. The Morgan fingerprint density at radius 3 is 2.84 bits per heavy atom. The van der Waals surface area contributed by atoms with Crippen LogP contribution in [0.4, 0.5) is 0 Å². The van der Waals surface area contributed by atoms with Gasteiger partial charge in [0.1, 0.15) is 0 Å². The summed E-state index contributed by atoms with van der Waals surface area (Å²) in [7, 11) is 0. The van der Waals surface area contributed by atoms with Crippen molar-refractivity contribution in [1.29, 1.82) is 0 Å². The van der Waals surface area contributed by atoms with Crippen LogP contribution in [-0.2, 0) is 11.2 Å². The second-order valence-corrected chi connectivity index (χ2v) is 6.06. The summed E-state index contributed by atoms with van der Waals surface area (Å²) in [6.07, 6.45) is 4.32. The minimum absolute atomic E-state index is 0.200. The van der Waals surface area contributed by atoms with Crippen LogP contribution in [0, 0.1) is 5.92 Å². The van der Waals surface area contributed by atoms with Crippen LogP contribution in [0.25, 0.3) is 0 Å². The molecule has 0 radical (unpaired) electrons. The molecule has 19 heavy (non-hydrogen) atoms. The quantitative estimate of drug-likeness (QED) is 0.820. The number of nitrogens with zero attached hydrogens (tertiary/aromatic N) is 1. The number of thiol groups is 1. The molecule has 2 nitrogen and oxygen atoms in total. The predicted molar refractivity (Wildman–Crippen MR) is 82.5 cm³/mol. The molecule has 0 saturated carbocycles. The smallest absolute Gasteiger partial charge is 0.235 e. The van der Waals surface area contributed by atoms with Gasteiger partial charge in [-0.25, -0.2) is 0 Å². The maximum atomic E-state index is 12.3. The van der Waals surface area contributed by atoms with E-state index in [4.69, 9.17) is 0 Å². The number of amides is 1. The molecular formula is C16H23NOS. The summed E-state index contributed by atoms with van der Waals surface area (Å²) in [5, 5.41) is -0.206. The summed E-state index contributed by atoms with van der Waals surface area (Å²) < 4.78 is 0. The maximum Gasteiger partial charge on any atom is 0.235 e. The van der Waals surface area contributed by atoms with Crippen LogP contribution < -0.4 is 0 Å². The Bertz CT molecular complexity index is 406. The second-order valence-electron chi connectivity index (χ2n) is 5.43. The molecule has 104 valence electrons. The van der Waals surface area contributed by atoms with Crippen LogP contribution in [0.1, 0.15) is 31.7 Å². The highest BCUT2D eigenvalue weighted by atomic mass is 32.1. The van der Waals surface area contributed by atoms with Crippen molar-refractivity contribution >= 4 is 18.5 Å². The first-order valence-corrected chi connectivity index (χ1v) is 7.73. The first kappa shape index (κ1) is 14.4. The van der Waals surface area contributed by atoms with Gasteiger partial charge in [-0.1, -0.05) is 43.7 Å². The highest BCUT2D eigenvalue weighted by Crippen LogP contribution is 2.22. The van der Waals surface area contributed by atoms with Gasteiger partial charge in [0.15, 0.2) is 0 Å². The second kappa shape index (κ2) is 6.99. The summed E-state index contributed by atoms with van der Waals surface area (Å²) in [6.45, 7) is 4.05. The molecule has 1 aromatic rings. The number of rotatable bonds is 5. The van der Waals surface area contributed by atoms with Crippen molar-refractivity contribution in [3.63, 3.8) is 0 Å². The molecule has 2 atom stereocenters. The average molecular weight is 277 g/mol. The third-order valence-corrected chi connectivity index (χ3v) is 4.25. The highest BCUT2D eigenvalue weighted by molar-refractivity contribution is 7.81. The van der Waals surface area contributed by atoms with Crippen LogP contribution in [-0.4, -0.2) is 29.1 Å². The lowest BCUT2D eigenvalue weighted by atomic mass is 10.0. The topological polar surface area (TPSA) is 20.3 Å². The Morgan fingerprint density at radius 2 is 2.16 bits per heavy atom. The lowest BCUT2D eigenvalue weighted by Gasteiger charge is -2.20. The van der Waals surface area contributed by atoms with E-state index >= 15 is 0 Å². The van der Waals surface area contributed by atoms with Gasteiger partial charge >= 0.3 is 0 Å². The van der Waals surface area contributed by atoms with Gasteiger partial charge in [-0.05, 0) is 30.7 Å². The molecule has 1 amide bonds. The summed E-state index contributed by atoms with van der Waals surface area (Å²) in [5.41, 5.74) is 1.18. The number of benzene rings is 1. The Hall–Kier alpha value is -0.960. The third-order valence-electron chi connectivity index (χ3n) is 3.85. The highest BCUT2D eigenvalue weighted by Gasteiger charge is 2.28. The Kier molecular flexibility index (Phi) is 5.32. The molecule has 1 aliphatic rings. The van der Waals surface area contributed by atoms with E-state index in [0.717, 1.165) is 25.9 Å². The van der Waals surface area contributed by atoms with Crippen LogP contribution >= 0.6 is 12.6 Å². The molecule has 0 bridgehead atoms. The largest absolute Gasteiger partial charge is 0.341 e. The Morgan fingerprint density at radius 1 is 1.42 bits per heavy atom. The fourth-order valence-electron chi connectivity index (χ4n) is 2.81. The zero-order valence-corrected chi connectivity index (χ0v) is 12.5. The minimum Gasteiger partial charge on any atom is -0.341 e. The molecule has 1 heterocycles. The fourth-order valence-corrected chi connectivity index (χ4v) is 3.19. The summed E-state index contributed by atoms with van der Waals surface area (Å²) in [6, 6.07) is 10.1. The lowest BCUT2D eigenvalue weighted by molar-refractivity contribution is -0.129. The molecule has 1 saturated heterocycles. The molecule has 0 N–H and O–H groups in total. The first-order valence-electron chi connectivity index (χ1n) is 7.21. The molecule has 3 heteroatoms. The van der Waals surface area contributed by atoms with E-state index in [1.165, 1.54) is 18.4 Å². The minimum atomic E-state index is -0.206. The van der Waals surface area contributed by atoms with E-state index in [1.54, 1.807) is 0 Å². The number of hydrogen-bond acceptors (Lipinski definition) is 2. The molecular weight excluding hydrogens is 254 g/mol. The van der Waals surface area contributed by atoms with Gasteiger partial charge < -0.3 is 4.90 Å². The summed E-state index contributed by atoms with van der Waals surface area (Å²) >= 11 is 4.50. The maximum absolute atomic E-state index is 12.3. The zero-order valence-electron chi connectivity index (χ0n) is 11.6. The van der Waals surface area contributed by atoms with Crippen LogP contribution in [0.2, 0.25) is 0 Å². The van der Waals surface area contributed by atoms with Crippen molar-refractivity contribution in [2.75, 3.05) is 13.1 Å². The Labute approximate surface area is 121 Å². The molecule has 2 rings (SSSR count). The van der Waals surface area contributed by atoms with E-state index < -0.39 is 0 Å². The number of carbonyl (C=O) groups excluding carboxylic acids is 1. The number of hydrogen-bond donors (Lipinski definition) is 1. The molecule has 1 fully saturated rings. The number of likely N-dealkylation sites (tertiary alicyclic amines) is 1. The van der Waals surface area contributed by atoms with Crippen LogP contribution in [0.5, 0.6) is 0 Å². The van der Waals surface area contributed by atoms with Crippen LogP contribution in [0.3, 0.4) is 0 Å². The molecule has 1 aliphatic heterocycles. The normalized spacial score (nSPS) is 20.5. The Balaban J connectivity index is 1.86. The van der Waals surface area contributed by atoms with Gasteiger partial charge in [-0.2, -0.15) is 12.6 Å². The van der Waals surface area contributed by atoms with E-state index in [-0.39, 0.29) is 11.2 Å².